The van der Waals surface area contributed by atoms with Gasteiger partial charge in [0.1, 0.15) is 0 Å². The summed E-state index contributed by atoms with van der Waals surface area (Å²) in [5.41, 5.74) is -2.69. The fourth-order valence-corrected chi connectivity index (χ4v) is 1.40. The van der Waals surface area contributed by atoms with E-state index in [0.717, 1.165) is 14.0 Å². The number of rotatable bonds is 3. The number of carbonyl (C=O) groups is 1. The predicted molar refractivity (Wildman–Crippen MR) is 54.7 cm³/mol. The molecule has 0 unspecified atom stereocenters. The van der Waals surface area contributed by atoms with Crippen LogP contribution in [0.2, 0.25) is 0 Å². The summed E-state index contributed by atoms with van der Waals surface area (Å²) in [6, 6.07) is 1.03. The second kappa shape index (κ2) is 4.63. The van der Waals surface area contributed by atoms with Crippen molar-refractivity contribution in [3.05, 3.63) is 33.4 Å². The summed E-state index contributed by atoms with van der Waals surface area (Å²) in [6.45, 7) is 0.904. The second-order valence-corrected chi connectivity index (χ2v) is 3.38. The SMILES string of the molecule is COc1cc(C(F)(F)F)c(C(C)=O)cc1[N+](=O)[O-]. The molecule has 0 aliphatic heterocycles. The Labute approximate surface area is 99.3 Å². The first kappa shape index (κ1) is 13.9. The lowest BCUT2D eigenvalue weighted by molar-refractivity contribution is -0.385. The zero-order valence-electron chi connectivity index (χ0n) is 9.37. The van der Waals surface area contributed by atoms with Crippen molar-refractivity contribution in [1.82, 2.24) is 0 Å². The number of nitro benzene ring substituents is 1. The van der Waals surface area contributed by atoms with Gasteiger partial charge < -0.3 is 4.74 Å². The summed E-state index contributed by atoms with van der Waals surface area (Å²) in [7, 11) is 1.01. The third-order valence-electron chi connectivity index (χ3n) is 2.20. The fourth-order valence-electron chi connectivity index (χ4n) is 1.40. The Hall–Kier alpha value is -2.12. The highest BCUT2D eigenvalue weighted by Crippen LogP contribution is 2.39. The van der Waals surface area contributed by atoms with E-state index in [-0.39, 0.29) is 0 Å². The summed E-state index contributed by atoms with van der Waals surface area (Å²) < 4.78 is 42.6. The number of halogens is 3. The summed E-state index contributed by atoms with van der Waals surface area (Å²) in [5.74, 6) is -1.45. The predicted octanol–water partition coefficient (Wildman–Crippen LogP) is 2.82. The minimum atomic E-state index is -4.79. The van der Waals surface area contributed by atoms with Gasteiger partial charge in [-0.3, -0.25) is 14.9 Å². The van der Waals surface area contributed by atoms with Gasteiger partial charge in [-0.05, 0) is 6.92 Å². The van der Waals surface area contributed by atoms with Crippen LogP contribution in [-0.2, 0) is 6.18 Å². The zero-order chi connectivity index (χ0) is 14.1. The molecule has 0 saturated heterocycles. The molecule has 0 radical (unpaired) electrons. The Bertz CT molecular complexity index is 511. The zero-order valence-corrected chi connectivity index (χ0v) is 9.37. The van der Waals surface area contributed by atoms with Gasteiger partial charge in [-0.2, -0.15) is 13.2 Å². The van der Waals surface area contributed by atoms with Crippen molar-refractivity contribution in [3.8, 4) is 5.75 Å². The van der Waals surface area contributed by atoms with Crippen molar-refractivity contribution >= 4 is 11.5 Å². The molecule has 0 aliphatic rings. The van der Waals surface area contributed by atoms with Crippen LogP contribution in [0.25, 0.3) is 0 Å². The van der Waals surface area contributed by atoms with E-state index in [1.165, 1.54) is 0 Å². The van der Waals surface area contributed by atoms with Gasteiger partial charge in [0.25, 0.3) is 0 Å². The van der Waals surface area contributed by atoms with E-state index < -0.39 is 39.4 Å². The highest BCUT2D eigenvalue weighted by atomic mass is 19.4. The maximum absolute atomic E-state index is 12.7. The quantitative estimate of drug-likeness (QED) is 0.477. The molecule has 0 spiro atoms. The Balaban J connectivity index is 3.63. The minimum Gasteiger partial charge on any atom is -0.490 e. The van der Waals surface area contributed by atoms with Crippen molar-refractivity contribution in [2.45, 2.75) is 13.1 Å². The summed E-state index contributed by atoms with van der Waals surface area (Å²) in [5, 5.41) is 10.6. The van der Waals surface area contributed by atoms with Crippen LogP contribution in [0.15, 0.2) is 12.1 Å². The van der Waals surface area contributed by atoms with Crippen LogP contribution in [0.4, 0.5) is 18.9 Å². The Morgan fingerprint density at radius 3 is 2.28 bits per heavy atom. The second-order valence-electron chi connectivity index (χ2n) is 3.38. The highest BCUT2D eigenvalue weighted by Gasteiger charge is 2.37. The van der Waals surface area contributed by atoms with E-state index in [1.807, 2.05) is 0 Å². The number of carbonyl (C=O) groups excluding carboxylic acids is 1. The Morgan fingerprint density at radius 1 is 1.39 bits per heavy atom. The lowest BCUT2D eigenvalue weighted by Gasteiger charge is -2.12. The molecule has 0 aromatic heterocycles. The number of Topliss-reactive ketones (excluding diaryl/α,β-unsaturated/α-hetero) is 1. The monoisotopic (exact) mass is 263 g/mol. The van der Waals surface area contributed by atoms with Crippen LogP contribution in [0, 0.1) is 10.1 Å². The largest absolute Gasteiger partial charge is 0.490 e. The van der Waals surface area contributed by atoms with Gasteiger partial charge >= 0.3 is 11.9 Å². The van der Waals surface area contributed by atoms with Crippen molar-refractivity contribution in [2.24, 2.45) is 0 Å². The molecule has 5 nitrogen and oxygen atoms in total. The average Bonchev–Trinajstić information content (AvgIpc) is 2.25. The molecular weight excluding hydrogens is 255 g/mol. The van der Waals surface area contributed by atoms with E-state index in [4.69, 9.17) is 0 Å². The van der Waals surface area contributed by atoms with Gasteiger partial charge in [-0.25, -0.2) is 0 Å². The average molecular weight is 263 g/mol. The maximum atomic E-state index is 12.7. The number of methoxy groups -OCH3 is 1. The van der Waals surface area contributed by atoms with Crippen LogP contribution < -0.4 is 4.74 Å². The lowest BCUT2D eigenvalue weighted by Crippen LogP contribution is -2.13. The minimum absolute atomic E-state index is 0.453. The Morgan fingerprint density at radius 2 is 1.94 bits per heavy atom. The standard InChI is InChI=1S/C10H8F3NO4/c1-5(15)6-3-8(14(16)17)9(18-2)4-7(6)10(11,12)13/h3-4H,1-2H3. The van der Waals surface area contributed by atoms with Crippen LogP contribution in [-0.4, -0.2) is 17.8 Å². The molecular formula is C10H8F3NO4. The molecule has 0 aliphatic carbocycles. The molecule has 0 fully saturated rings. The molecule has 0 N–H and O–H groups in total. The maximum Gasteiger partial charge on any atom is 0.417 e. The fraction of sp³-hybridized carbons (Fsp3) is 0.300. The van der Waals surface area contributed by atoms with E-state index in [1.54, 1.807) is 0 Å². The number of hydrogen-bond donors (Lipinski definition) is 0. The smallest absolute Gasteiger partial charge is 0.417 e. The third kappa shape index (κ3) is 2.58. The molecule has 8 heteroatoms. The number of nitro groups is 1. The van der Waals surface area contributed by atoms with Crippen molar-refractivity contribution < 1.29 is 27.6 Å². The van der Waals surface area contributed by atoms with Crippen LogP contribution >= 0.6 is 0 Å². The van der Waals surface area contributed by atoms with Gasteiger partial charge in [0.05, 0.1) is 17.6 Å². The van der Waals surface area contributed by atoms with Gasteiger partial charge in [0.15, 0.2) is 11.5 Å². The summed E-state index contributed by atoms with van der Waals surface area (Å²) in [4.78, 5) is 20.9. The first-order chi connectivity index (χ1) is 8.18. The Kier molecular flexibility index (Phi) is 3.59. The topological polar surface area (TPSA) is 69.4 Å². The van der Waals surface area contributed by atoms with Crippen LogP contribution in [0.1, 0.15) is 22.8 Å². The van der Waals surface area contributed by atoms with Gasteiger partial charge in [-0.1, -0.05) is 0 Å². The van der Waals surface area contributed by atoms with Crippen molar-refractivity contribution in [2.75, 3.05) is 7.11 Å². The van der Waals surface area contributed by atoms with E-state index in [9.17, 15) is 28.1 Å². The molecule has 1 rings (SSSR count). The highest BCUT2D eigenvalue weighted by molar-refractivity contribution is 5.96. The number of ketones is 1. The van der Waals surface area contributed by atoms with E-state index in [2.05, 4.69) is 4.74 Å². The normalized spacial score (nSPS) is 11.2. The molecule has 0 amide bonds. The number of alkyl halides is 3. The molecule has 0 bridgehead atoms. The summed E-state index contributed by atoms with van der Waals surface area (Å²) >= 11 is 0. The van der Waals surface area contributed by atoms with Gasteiger partial charge in [0, 0.05) is 17.7 Å². The third-order valence-corrected chi connectivity index (χ3v) is 2.20. The lowest BCUT2D eigenvalue weighted by atomic mass is 10.0. The van der Waals surface area contributed by atoms with Gasteiger partial charge in [-0.15, -0.1) is 0 Å². The number of nitrogens with zero attached hydrogens (tertiary/aromatic N) is 1. The molecule has 98 valence electrons. The number of hydrogen-bond acceptors (Lipinski definition) is 4. The molecule has 18 heavy (non-hydrogen) atoms. The van der Waals surface area contributed by atoms with Crippen molar-refractivity contribution in [3.63, 3.8) is 0 Å². The molecule has 0 atom stereocenters. The summed E-state index contributed by atoms with van der Waals surface area (Å²) in [6.07, 6.45) is -4.79. The van der Waals surface area contributed by atoms with Crippen LogP contribution in [0.3, 0.4) is 0 Å². The van der Waals surface area contributed by atoms with Gasteiger partial charge in [0.2, 0.25) is 0 Å². The molecule has 1 aromatic rings. The molecule has 0 saturated carbocycles. The van der Waals surface area contributed by atoms with E-state index in [0.29, 0.717) is 12.1 Å². The molecule has 0 heterocycles. The number of benzene rings is 1. The van der Waals surface area contributed by atoms with Crippen molar-refractivity contribution in [1.29, 1.82) is 0 Å². The first-order valence-electron chi connectivity index (χ1n) is 4.63. The van der Waals surface area contributed by atoms with Crippen LogP contribution in [0.5, 0.6) is 5.75 Å². The molecule has 1 aromatic carbocycles. The number of ether oxygens (including phenoxy) is 1. The first-order valence-corrected chi connectivity index (χ1v) is 4.63. The van der Waals surface area contributed by atoms with E-state index >= 15 is 0 Å².